The van der Waals surface area contributed by atoms with Crippen LogP contribution in [0.5, 0.6) is 0 Å². The minimum absolute atomic E-state index is 0.0420. The number of aliphatic hydroxyl groups excluding tert-OH is 2. The number of ether oxygens (including phenoxy) is 2. The molecule has 0 unspecified atom stereocenters. The fraction of sp³-hybridized carbons (Fsp3) is 0.500. The first-order valence-electron chi connectivity index (χ1n) is 7.33. The van der Waals surface area contributed by atoms with E-state index in [1.54, 1.807) is 12.4 Å². The smallest absolute Gasteiger partial charge is 0.0698 e. The van der Waals surface area contributed by atoms with E-state index in [1.165, 1.54) is 0 Å². The van der Waals surface area contributed by atoms with Crippen molar-refractivity contribution in [3.63, 3.8) is 0 Å². The van der Waals surface area contributed by atoms with E-state index in [0.29, 0.717) is 39.5 Å². The number of nitrogens with zero attached hydrogens (tertiary/aromatic N) is 2. The summed E-state index contributed by atoms with van der Waals surface area (Å²) in [5.41, 5.74) is 2.04. The van der Waals surface area contributed by atoms with E-state index in [0.717, 1.165) is 11.1 Å². The van der Waals surface area contributed by atoms with Gasteiger partial charge in [-0.1, -0.05) is 24.3 Å². The maximum Gasteiger partial charge on any atom is 0.0698 e. The Labute approximate surface area is 131 Å². The van der Waals surface area contributed by atoms with Crippen LogP contribution in [0, 0.1) is 0 Å². The van der Waals surface area contributed by atoms with Crippen LogP contribution in [0.2, 0.25) is 0 Å². The zero-order valence-corrected chi connectivity index (χ0v) is 12.7. The first-order valence-corrected chi connectivity index (χ1v) is 7.33. The lowest BCUT2D eigenvalue weighted by molar-refractivity contribution is 0.0978. The van der Waals surface area contributed by atoms with Gasteiger partial charge in [-0.05, 0) is 11.1 Å². The molecule has 0 radical (unpaired) electrons. The standard InChI is InChI=1S/C16H24N2O4/c19-7-11-21-9-5-17-13-15-1-2-16(4-3-15)14-18-6-10-22-12-8-20/h1-4,13-14,19-20H,5-12H2. The van der Waals surface area contributed by atoms with Gasteiger partial charge in [0.2, 0.25) is 0 Å². The summed E-state index contributed by atoms with van der Waals surface area (Å²) >= 11 is 0. The zero-order valence-electron chi connectivity index (χ0n) is 12.7. The summed E-state index contributed by atoms with van der Waals surface area (Å²) in [7, 11) is 0. The highest BCUT2D eigenvalue weighted by atomic mass is 16.5. The SMILES string of the molecule is OCCOCCN=Cc1ccc(C=NCCOCCO)cc1. The first-order chi connectivity index (χ1) is 10.9. The van der Waals surface area contributed by atoms with Gasteiger partial charge in [0.25, 0.3) is 0 Å². The normalized spacial score (nSPS) is 11.7. The van der Waals surface area contributed by atoms with Crippen LogP contribution in [0.4, 0.5) is 0 Å². The van der Waals surface area contributed by atoms with E-state index in [-0.39, 0.29) is 13.2 Å². The van der Waals surface area contributed by atoms with Gasteiger partial charge in [-0.25, -0.2) is 0 Å². The first kappa shape index (κ1) is 18.4. The lowest BCUT2D eigenvalue weighted by Crippen LogP contribution is -2.03. The Morgan fingerprint density at radius 1 is 0.727 bits per heavy atom. The summed E-state index contributed by atoms with van der Waals surface area (Å²) in [6, 6.07) is 7.90. The number of hydrogen-bond acceptors (Lipinski definition) is 6. The van der Waals surface area contributed by atoms with Crippen molar-refractivity contribution in [2.45, 2.75) is 0 Å². The second kappa shape index (κ2) is 13.1. The van der Waals surface area contributed by atoms with E-state index < -0.39 is 0 Å². The molecule has 1 aromatic carbocycles. The van der Waals surface area contributed by atoms with E-state index in [9.17, 15) is 0 Å². The Hall–Kier alpha value is -1.60. The Bertz CT molecular complexity index is 391. The van der Waals surface area contributed by atoms with Gasteiger partial charge in [0.05, 0.1) is 52.7 Å². The third kappa shape index (κ3) is 9.36. The minimum Gasteiger partial charge on any atom is -0.394 e. The van der Waals surface area contributed by atoms with Crippen LogP contribution >= 0.6 is 0 Å². The van der Waals surface area contributed by atoms with Crippen LogP contribution < -0.4 is 0 Å². The van der Waals surface area contributed by atoms with Crippen molar-refractivity contribution < 1.29 is 19.7 Å². The zero-order chi connectivity index (χ0) is 15.9. The predicted molar refractivity (Wildman–Crippen MR) is 87.2 cm³/mol. The van der Waals surface area contributed by atoms with Crippen molar-refractivity contribution in [3.05, 3.63) is 35.4 Å². The van der Waals surface area contributed by atoms with Gasteiger partial charge in [0.1, 0.15) is 0 Å². The van der Waals surface area contributed by atoms with Crippen LogP contribution in [0.15, 0.2) is 34.3 Å². The molecule has 0 amide bonds. The van der Waals surface area contributed by atoms with Crippen LogP contribution in [0.25, 0.3) is 0 Å². The molecule has 0 aromatic heterocycles. The van der Waals surface area contributed by atoms with E-state index in [1.807, 2.05) is 24.3 Å². The van der Waals surface area contributed by atoms with Gasteiger partial charge < -0.3 is 19.7 Å². The molecule has 0 spiro atoms. The molecular weight excluding hydrogens is 284 g/mol. The fourth-order valence-electron chi connectivity index (χ4n) is 1.58. The quantitative estimate of drug-likeness (QED) is 0.436. The number of rotatable bonds is 12. The molecule has 0 saturated heterocycles. The Balaban J connectivity index is 2.24. The molecule has 0 atom stereocenters. The topological polar surface area (TPSA) is 83.6 Å². The Morgan fingerprint density at radius 3 is 1.50 bits per heavy atom. The molecule has 2 N–H and O–H groups in total. The average molecular weight is 308 g/mol. The summed E-state index contributed by atoms with van der Waals surface area (Å²) < 4.78 is 10.2. The van der Waals surface area contributed by atoms with E-state index in [4.69, 9.17) is 19.7 Å². The summed E-state index contributed by atoms with van der Waals surface area (Å²) in [5.74, 6) is 0. The van der Waals surface area contributed by atoms with Crippen LogP contribution in [0.3, 0.4) is 0 Å². The molecule has 1 rings (SSSR count). The van der Waals surface area contributed by atoms with Crippen molar-refractivity contribution in [2.24, 2.45) is 9.98 Å². The van der Waals surface area contributed by atoms with Gasteiger partial charge in [-0.2, -0.15) is 0 Å². The molecular formula is C16H24N2O4. The highest BCUT2D eigenvalue weighted by Crippen LogP contribution is 2.00. The van der Waals surface area contributed by atoms with Gasteiger partial charge >= 0.3 is 0 Å². The van der Waals surface area contributed by atoms with Crippen molar-refractivity contribution in [2.75, 3.05) is 52.7 Å². The fourth-order valence-corrected chi connectivity index (χ4v) is 1.58. The molecule has 0 aliphatic carbocycles. The molecule has 0 bridgehead atoms. The molecule has 0 fully saturated rings. The molecule has 0 heterocycles. The minimum atomic E-state index is 0.0420. The molecule has 1 aromatic rings. The average Bonchev–Trinajstić information content (AvgIpc) is 2.55. The largest absolute Gasteiger partial charge is 0.394 e. The number of hydrogen-bond donors (Lipinski definition) is 2. The number of benzene rings is 1. The molecule has 0 aliphatic heterocycles. The number of aliphatic hydroxyl groups is 2. The molecule has 22 heavy (non-hydrogen) atoms. The summed E-state index contributed by atoms with van der Waals surface area (Å²) in [5, 5.41) is 17.1. The monoisotopic (exact) mass is 308 g/mol. The molecule has 6 heteroatoms. The van der Waals surface area contributed by atoms with Gasteiger partial charge in [-0.3, -0.25) is 9.98 Å². The molecule has 0 saturated carbocycles. The summed E-state index contributed by atoms with van der Waals surface area (Å²) in [6.07, 6.45) is 3.60. The molecule has 6 nitrogen and oxygen atoms in total. The van der Waals surface area contributed by atoms with Crippen LogP contribution in [-0.4, -0.2) is 75.4 Å². The third-order valence-electron chi connectivity index (χ3n) is 2.62. The Morgan fingerprint density at radius 2 is 1.14 bits per heavy atom. The lowest BCUT2D eigenvalue weighted by atomic mass is 10.1. The summed E-state index contributed by atoms with van der Waals surface area (Å²) in [6.45, 7) is 2.98. The van der Waals surface area contributed by atoms with Crippen LogP contribution in [-0.2, 0) is 9.47 Å². The number of aliphatic imine (C=N–C) groups is 2. The van der Waals surface area contributed by atoms with Crippen molar-refractivity contribution >= 4 is 12.4 Å². The van der Waals surface area contributed by atoms with Crippen LogP contribution in [0.1, 0.15) is 11.1 Å². The van der Waals surface area contributed by atoms with E-state index >= 15 is 0 Å². The van der Waals surface area contributed by atoms with Gasteiger partial charge in [0.15, 0.2) is 0 Å². The second-order valence-corrected chi connectivity index (χ2v) is 4.41. The van der Waals surface area contributed by atoms with Gasteiger partial charge in [0, 0.05) is 12.4 Å². The molecule has 0 aliphatic rings. The highest BCUT2D eigenvalue weighted by Gasteiger charge is 1.91. The van der Waals surface area contributed by atoms with Crippen molar-refractivity contribution in [1.29, 1.82) is 0 Å². The van der Waals surface area contributed by atoms with E-state index in [2.05, 4.69) is 9.98 Å². The summed E-state index contributed by atoms with van der Waals surface area (Å²) in [4.78, 5) is 8.49. The maximum absolute atomic E-state index is 8.55. The van der Waals surface area contributed by atoms with Gasteiger partial charge in [-0.15, -0.1) is 0 Å². The maximum atomic E-state index is 8.55. The lowest BCUT2D eigenvalue weighted by Gasteiger charge is -1.99. The third-order valence-corrected chi connectivity index (χ3v) is 2.62. The van der Waals surface area contributed by atoms with Crippen molar-refractivity contribution in [3.8, 4) is 0 Å². The molecule has 122 valence electrons. The second-order valence-electron chi connectivity index (χ2n) is 4.41. The Kier molecular flexibility index (Phi) is 11.0. The van der Waals surface area contributed by atoms with Crippen molar-refractivity contribution in [1.82, 2.24) is 0 Å². The highest BCUT2D eigenvalue weighted by molar-refractivity contribution is 5.84. The predicted octanol–water partition coefficient (Wildman–Crippen LogP) is 0.542.